The van der Waals surface area contributed by atoms with Crippen LogP contribution in [0.25, 0.3) is 10.4 Å². The third-order valence-electron chi connectivity index (χ3n) is 1.56. The quantitative estimate of drug-likeness (QED) is 0.282. The highest BCUT2D eigenvalue weighted by molar-refractivity contribution is 5.38. The summed E-state index contributed by atoms with van der Waals surface area (Å²) in [5, 5.41) is 3.22. The second kappa shape index (κ2) is 4.90. The molecule has 0 heterocycles. The predicted molar refractivity (Wildman–Crippen MR) is 52.0 cm³/mol. The number of azide groups is 1. The molecule has 0 N–H and O–H groups in total. The molecule has 3 nitrogen and oxygen atoms in total. The van der Waals surface area contributed by atoms with E-state index in [1.165, 1.54) is 6.07 Å². The number of aryl methyl sites for hydroxylation is 1. The van der Waals surface area contributed by atoms with Crippen LogP contribution in [-0.2, 0) is 0 Å². The fourth-order valence-electron chi connectivity index (χ4n) is 0.937. The van der Waals surface area contributed by atoms with Crippen LogP contribution in [0.4, 0.5) is 4.39 Å². The van der Waals surface area contributed by atoms with Crippen LogP contribution in [0.2, 0.25) is 0 Å². The number of halogens is 1. The van der Waals surface area contributed by atoms with E-state index in [9.17, 15) is 4.39 Å². The molecule has 0 aromatic heterocycles. The van der Waals surface area contributed by atoms with Crippen molar-refractivity contribution in [2.45, 2.75) is 6.92 Å². The van der Waals surface area contributed by atoms with Gasteiger partial charge in [-0.25, -0.2) is 4.39 Å². The molecule has 0 amide bonds. The molecule has 0 spiro atoms. The molecule has 0 aliphatic carbocycles. The summed E-state index contributed by atoms with van der Waals surface area (Å²) in [5.74, 6) is 4.80. The Morgan fingerprint density at radius 2 is 2.36 bits per heavy atom. The molecule has 1 rings (SSSR count). The number of hydrogen-bond acceptors (Lipinski definition) is 1. The SMILES string of the molecule is Cc1ccc(F)c(C#CCN=[N+]=[N-])c1. The van der Waals surface area contributed by atoms with Crippen molar-refractivity contribution >= 4 is 0 Å². The third-order valence-corrected chi connectivity index (χ3v) is 1.56. The Morgan fingerprint density at radius 3 is 3.07 bits per heavy atom. The maximum absolute atomic E-state index is 13.1. The minimum atomic E-state index is -0.357. The summed E-state index contributed by atoms with van der Waals surface area (Å²) >= 11 is 0. The lowest BCUT2D eigenvalue weighted by molar-refractivity contribution is 0.624. The summed E-state index contributed by atoms with van der Waals surface area (Å²) in [6.45, 7) is 1.92. The minimum Gasteiger partial charge on any atom is -0.206 e. The van der Waals surface area contributed by atoms with Crippen molar-refractivity contribution in [2.24, 2.45) is 5.11 Å². The number of rotatable bonds is 1. The maximum atomic E-state index is 13.1. The van der Waals surface area contributed by atoms with Crippen molar-refractivity contribution in [1.82, 2.24) is 0 Å². The van der Waals surface area contributed by atoms with E-state index >= 15 is 0 Å². The molecule has 1 aromatic rings. The highest BCUT2D eigenvalue weighted by atomic mass is 19.1. The topological polar surface area (TPSA) is 48.8 Å². The van der Waals surface area contributed by atoms with Crippen LogP contribution >= 0.6 is 0 Å². The lowest BCUT2D eigenvalue weighted by Gasteiger charge is -1.95. The normalized spacial score (nSPS) is 8.43. The number of benzene rings is 1. The van der Waals surface area contributed by atoms with Crippen molar-refractivity contribution in [3.05, 3.63) is 45.6 Å². The van der Waals surface area contributed by atoms with E-state index in [1.54, 1.807) is 12.1 Å². The first-order valence-electron chi connectivity index (χ1n) is 4.00. The molecule has 0 saturated heterocycles. The van der Waals surface area contributed by atoms with Gasteiger partial charge in [0.25, 0.3) is 0 Å². The maximum Gasteiger partial charge on any atom is 0.138 e. The van der Waals surface area contributed by atoms with E-state index in [4.69, 9.17) is 5.53 Å². The largest absolute Gasteiger partial charge is 0.206 e. The molecule has 0 atom stereocenters. The third kappa shape index (κ3) is 2.81. The zero-order valence-corrected chi connectivity index (χ0v) is 7.66. The van der Waals surface area contributed by atoms with Gasteiger partial charge in [0.15, 0.2) is 0 Å². The smallest absolute Gasteiger partial charge is 0.138 e. The van der Waals surface area contributed by atoms with Gasteiger partial charge in [-0.2, -0.15) is 0 Å². The standard InChI is InChI=1S/C10H8FN3/c1-8-4-5-10(11)9(7-8)3-2-6-13-14-12/h4-5,7H,6H2,1H3. The van der Waals surface area contributed by atoms with E-state index in [0.29, 0.717) is 5.56 Å². The van der Waals surface area contributed by atoms with Crippen LogP contribution in [-0.4, -0.2) is 6.54 Å². The highest BCUT2D eigenvalue weighted by Crippen LogP contribution is 2.07. The van der Waals surface area contributed by atoms with Crippen LogP contribution in [0.1, 0.15) is 11.1 Å². The van der Waals surface area contributed by atoms with Gasteiger partial charge in [-0.15, -0.1) is 0 Å². The fraction of sp³-hybridized carbons (Fsp3) is 0.200. The molecular weight excluding hydrogens is 181 g/mol. The van der Waals surface area contributed by atoms with Crippen LogP contribution in [0, 0.1) is 24.6 Å². The van der Waals surface area contributed by atoms with Crippen LogP contribution < -0.4 is 0 Å². The molecule has 0 aliphatic rings. The Bertz CT molecular complexity index is 436. The molecular formula is C10H8FN3. The van der Waals surface area contributed by atoms with Gasteiger partial charge in [-0.1, -0.05) is 23.0 Å². The first-order valence-corrected chi connectivity index (χ1v) is 4.00. The molecule has 0 aliphatic heterocycles. The molecule has 0 fully saturated rings. The highest BCUT2D eigenvalue weighted by Gasteiger charge is 1.97. The molecule has 70 valence electrons. The van der Waals surface area contributed by atoms with Crippen LogP contribution in [0.5, 0.6) is 0 Å². The Hall–Kier alpha value is -1.98. The zero-order chi connectivity index (χ0) is 10.4. The van der Waals surface area contributed by atoms with E-state index in [-0.39, 0.29) is 12.4 Å². The van der Waals surface area contributed by atoms with E-state index in [0.717, 1.165) is 5.56 Å². The van der Waals surface area contributed by atoms with Crippen molar-refractivity contribution < 1.29 is 4.39 Å². The van der Waals surface area contributed by atoms with Crippen molar-refractivity contribution in [3.8, 4) is 11.8 Å². The monoisotopic (exact) mass is 189 g/mol. The molecule has 0 saturated carbocycles. The van der Waals surface area contributed by atoms with Gasteiger partial charge in [0.2, 0.25) is 0 Å². The second-order valence-electron chi connectivity index (χ2n) is 2.67. The summed E-state index contributed by atoms with van der Waals surface area (Å²) in [6.07, 6.45) is 0. The Labute approximate surface area is 81.2 Å². The number of nitrogens with zero attached hydrogens (tertiary/aromatic N) is 3. The Kier molecular flexibility index (Phi) is 3.54. The van der Waals surface area contributed by atoms with Crippen molar-refractivity contribution in [1.29, 1.82) is 0 Å². The first kappa shape index (κ1) is 10.1. The first-order chi connectivity index (χ1) is 6.74. The molecule has 0 radical (unpaired) electrons. The van der Waals surface area contributed by atoms with E-state index < -0.39 is 0 Å². The average Bonchev–Trinajstić information content (AvgIpc) is 2.18. The van der Waals surface area contributed by atoms with E-state index in [2.05, 4.69) is 21.9 Å². The van der Waals surface area contributed by atoms with E-state index in [1.807, 2.05) is 6.92 Å². The fourth-order valence-corrected chi connectivity index (χ4v) is 0.937. The van der Waals surface area contributed by atoms with Gasteiger partial charge in [0, 0.05) is 4.91 Å². The Balaban J connectivity index is 2.88. The Morgan fingerprint density at radius 1 is 1.57 bits per heavy atom. The van der Waals surface area contributed by atoms with Gasteiger partial charge < -0.3 is 0 Å². The molecule has 1 aromatic carbocycles. The molecule has 14 heavy (non-hydrogen) atoms. The summed E-state index contributed by atoms with van der Waals surface area (Å²) < 4.78 is 13.1. The molecule has 0 unspecified atom stereocenters. The number of hydrogen-bond donors (Lipinski definition) is 0. The van der Waals surface area contributed by atoms with Crippen molar-refractivity contribution in [3.63, 3.8) is 0 Å². The summed E-state index contributed by atoms with van der Waals surface area (Å²) in [4.78, 5) is 2.54. The summed E-state index contributed by atoms with van der Waals surface area (Å²) in [6, 6.07) is 4.69. The van der Waals surface area contributed by atoms with Gasteiger partial charge in [0.1, 0.15) is 5.82 Å². The summed E-state index contributed by atoms with van der Waals surface area (Å²) in [5.41, 5.74) is 9.25. The minimum absolute atomic E-state index is 0.0594. The van der Waals surface area contributed by atoms with Crippen molar-refractivity contribution in [2.75, 3.05) is 6.54 Å². The summed E-state index contributed by atoms with van der Waals surface area (Å²) in [7, 11) is 0. The van der Waals surface area contributed by atoms with Gasteiger partial charge in [0.05, 0.1) is 12.1 Å². The van der Waals surface area contributed by atoms with Gasteiger partial charge in [-0.05, 0) is 30.2 Å². The molecule has 4 heteroatoms. The average molecular weight is 189 g/mol. The lowest BCUT2D eigenvalue weighted by Crippen LogP contribution is -1.84. The second-order valence-corrected chi connectivity index (χ2v) is 2.67. The lowest BCUT2D eigenvalue weighted by atomic mass is 10.1. The van der Waals surface area contributed by atoms with Crippen LogP contribution in [0.15, 0.2) is 23.3 Å². The van der Waals surface area contributed by atoms with Gasteiger partial charge in [-0.3, -0.25) is 0 Å². The predicted octanol–water partition coefficient (Wildman–Crippen LogP) is 2.80. The molecule has 0 bridgehead atoms. The van der Waals surface area contributed by atoms with Crippen LogP contribution in [0.3, 0.4) is 0 Å². The zero-order valence-electron chi connectivity index (χ0n) is 7.66. The van der Waals surface area contributed by atoms with Gasteiger partial charge >= 0.3 is 0 Å².